The quantitative estimate of drug-likeness (QED) is 0.731. The fourth-order valence-corrected chi connectivity index (χ4v) is 5.42. The van der Waals surface area contributed by atoms with E-state index in [0.29, 0.717) is 35.9 Å². The fraction of sp³-hybridized carbons (Fsp3) is 0.480. The van der Waals surface area contributed by atoms with Crippen LogP contribution in [0.25, 0.3) is 0 Å². The van der Waals surface area contributed by atoms with Crippen LogP contribution in [0.5, 0.6) is 5.75 Å². The predicted molar refractivity (Wildman–Crippen MR) is 121 cm³/mol. The molecule has 1 aromatic heterocycles. The molecule has 0 spiro atoms. The molecule has 3 fully saturated rings. The van der Waals surface area contributed by atoms with Gasteiger partial charge in [-0.15, -0.1) is 0 Å². The molecule has 1 saturated carbocycles. The molecule has 2 bridgehead atoms. The van der Waals surface area contributed by atoms with Gasteiger partial charge in [0.05, 0.1) is 25.3 Å². The number of anilines is 1. The first kappa shape index (κ1) is 21.7. The number of nitrogens with one attached hydrogen (secondary N) is 1. The molecular formula is C25H28FN5O2. The summed E-state index contributed by atoms with van der Waals surface area (Å²) in [6.45, 7) is 3.68. The van der Waals surface area contributed by atoms with Crippen molar-refractivity contribution >= 4 is 11.7 Å². The summed E-state index contributed by atoms with van der Waals surface area (Å²) in [5.41, 5.74) is 0.620. The highest BCUT2D eigenvalue weighted by molar-refractivity contribution is 5.79. The average molecular weight is 450 g/mol. The van der Waals surface area contributed by atoms with Crippen molar-refractivity contribution in [2.45, 2.75) is 43.8 Å². The van der Waals surface area contributed by atoms with Crippen LogP contribution in [0.15, 0.2) is 36.5 Å². The number of carbonyl (C=O) groups excluding carboxylic acids is 1. The highest BCUT2D eigenvalue weighted by Gasteiger charge is 2.48. The Kier molecular flexibility index (Phi) is 5.45. The van der Waals surface area contributed by atoms with Crippen LogP contribution in [0, 0.1) is 23.1 Å². The summed E-state index contributed by atoms with van der Waals surface area (Å²) in [7, 11) is 1.57. The van der Waals surface area contributed by atoms with Gasteiger partial charge in [0.2, 0.25) is 5.91 Å². The molecule has 33 heavy (non-hydrogen) atoms. The Morgan fingerprint density at radius 3 is 2.79 bits per heavy atom. The number of carbonyl (C=O) groups is 1. The first-order valence-electron chi connectivity index (χ1n) is 11.5. The van der Waals surface area contributed by atoms with Crippen LogP contribution >= 0.6 is 0 Å². The molecule has 1 aliphatic carbocycles. The van der Waals surface area contributed by atoms with Gasteiger partial charge in [0.15, 0.2) is 0 Å². The molecule has 5 rings (SSSR count). The first-order valence-corrected chi connectivity index (χ1v) is 11.5. The van der Waals surface area contributed by atoms with Crippen molar-refractivity contribution in [3.8, 4) is 11.8 Å². The number of methoxy groups -OCH3 is 1. The molecule has 2 unspecified atom stereocenters. The van der Waals surface area contributed by atoms with Crippen molar-refractivity contribution in [1.29, 1.82) is 5.26 Å². The summed E-state index contributed by atoms with van der Waals surface area (Å²) in [5, 5.41) is 12.4. The number of pyridine rings is 1. The Morgan fingerprint density at radius 1 is 1.33 bits per heavy atom. The number of benzene rings is 1. The second-order valence-electron chi connectivity index (χ2n) is 9.44. The maximum Gasteiger partial charge on any atom is 0.236 e. The number of rotatable bonds is 6. The number of ether oxygens (including phenoxy) is 1. The number of fused-ring (bicyclic) bond motifs is 2. The topological polar surface area (TPSA) is 81.5 Å². The molecule has 172 valence electrons. The molecule has 1 amide bonds. The van der Waals surface area contributed by atoms with E-state index in [1.807, 2.05) is 11.0 Å². The van der Waals surface area contributed by atoms with Crippen molar-refractivity contribution in [3.05, 3.63) is 53.5 Å². The minimum Gasteiger partial charge on any atom is -0.497 e. The van der Waals surface area contributed by atoms with E-state index in [9.17, 15) is 9.18 Å². The number of amides is 1. The number of nitrogens with zero attached hydrogens (tertiary/aromatic N) is 4. The number of aromatic nitrogens is 1. The van der Waals surface area contributed by atoms with Crippen molar-refractivity contribution in [2.75, 3.05) is 31.6 Å². The van der Waals surface area contributed by atoms with E-state index in [1.165, 1.54) is 6.07 Å². The molecule has 3 heterocycles. The van der Waals surface area contributed by atoms with Gasteiger partial charge in [-0.25, -0.2) is 9.37 Å². The van der Waals surface area contributed by atoms with Gasteiger partial charge in [-0.3, -0.25) is 10.1 Å². The molecule has 3 atom stereocenters. The van der Waals surface area contributed by atoms with E-state index >= 15 is 0 Å². The van der Waals surface area contributed by atoms with Gasteiger partial charge in [-0.05, 0) is 55.5 Å². The minimum absolute atomic E-state index is 0.0427. The Morgan fingerprint density at radius 2 is 2.15 bits per heavy atom. The van der Waals surface area contributed by atoms with Gasteiger partial charge in [-0.2, -0.15) is 5.26 Å². The van der Waals surface area contributed by atoms with Crippen molar-refractivity contribution in [2.24, 2.45) is 5.92 Å². The molecule has 8 heteroatoms. The van der Waals surface area contributed by atoms with E-state index in [4.69, 9.17) is 10.00 Å². The van der Waals surface area contributed by atoms with E-state index < -0.39 is 5.54 Å². The molecular weight excluding hydrogens is 421 g/mol. The van der Waals surface area contributed by atoms with Crippen LogP contribution in [0.1, 0.15) is 37.3 Å². The third-order valence-electron chi connectivity index (χ3n) is 7.40. The van der Waals surface area contributed by atoms with E-state index in [0.717, 1.165) is 25.1 Å². The first-order chi connectivity index (χ1) is 15.9. The summed E-state index contributed by atoms with van der Waals surface area (Å²) in [6, 6.07) is 11.0. The lowest BCUT2D eigenvalue weighted by molar-refractivity contribution is -0.131. The molecule has 1 aromatic carbocycles. The number of nitriles is 1. The Bertz CT molecular complexity index is 1090. The minimum atomic E-state index is -0.491. The van der Waals surface area contributed by atoms with Crippen LogP contribution in [-0.4, -0.2) is 54.6 Å². The van der Waals surface area contributed by atoms with E-state index in [2.05, 4.69) is 28.2 Å². The molecule has 1 N–H and O–H groups in total. The molecule has 2 aromatic rings. The van der Waals surface area contributed by atoms with Gasteiger partial charge in [0, 0.05) is 36.4 Å². The fourth-order valence-electron chi connectivity index (χ4n) is 5.42. The predicted octanol–water partition coefficient (Wildman–Crippen LogP) is 2.81. The zero-order chi connectivity index (χ0) is 23.2. The summed E-state index contributed by atoms with van der Waals surface area (Å²) in [4.78, 5) is 21.9. The smallest absolute Gasteiger partial charge is 0.236 e. The monoisotopic (exact) mass is 449 g/mol. The molecule has 3 aliphatic rings. The number of hydrogen-bond donors (Lipinski definition) is 1. The standard InChI is InChI=1S/C25H28FN5O2/c1-16-9-18-14-30(15-22(16)31(18)23-6-3-17(11-27)12-28-23)24(32)13-29-25(7-8-25)20-10-19(33-2)4-5-21(20)26/h3-6,10,12,16,18,22,29H,7-9,13-15H2,1-2H3/t16-,18?,22?/m1/s1. The molecule has 2 aliphatic heterocycles. The second-order valence-corrected chi connectivity index (χ2v) is 9.44. The Balaban J connectivity index is 1.25. The van der Waals surface area contributed by atoms with Gasteiger partial charge in [0.25, 0.3) is 0 Å². The van der Waals surface area contributed by atoms with Gasteiger partial charge >= 0.3 is 0 Å². The van der Waals surface area contributed by atoms with Gasteiger partial charge in [0.1, 0.15) is 23.5 Å². The Hall–Kier alpha value is -3.18. The summed E-state index contributed by atoms with van der Waals surface area (Å²) in [5.74, 6) is 1.69. The normalized spacial score (nSPS) is 25.0. The zero-order valence-electron chi connectivity index (χ0n) is 18.9. The molecule has 2 saturated heterocycles. The Labute approximate surface area is 193 Å². The van der Waals surface area contributed by atoms with Gasteiger partial charge < -0.3 is 14.5 Å². The van der Waals surface area contributed by atoms with Crippen molar-refractivity contribution < 1.29 is 13.9 Å². The number of hydrogen-bond acceptors (Lipinski definition) is 6. The molecule has 7 nitrogen and oxygen atoms in total. The number of halogens is 1. The van der Waals surface area contributed by atoms with Crippen LogP contribution < -0.4 is 15.0 Å². The van der Waals surface area contributed by atoms with Crippen LogP contribution in [0.2, 0.25) is 0 Å². The van der Waals surface area contributed by atoms with E-state index in [1.54, 1.807) is 31.5 Å². The third kappa shape index (κ3) is 3.91. The maximum absolute atomic E-state index is 14.5. The van der Waals surface area contributed by atoms with Crippen LogP contribution in [0.4, 0.5) is 10.2 Å². The average Bonchev–Trinajstić information content (AvgIpc) is 3.59. The summed E-state index contributed by atoms with van der Waals surface area (Å²) in [6.07, 6.45) is 4.20. The largest absolute Gasteiger partial charge is 0.497 e. The second kappa shape index (κ2) is 8.31. The molecule has 0 radical (unpaired) electrons. The highest BCUT2D eigenvalue weighted by atomic mass is 19.1. The number of piperazine rings is 1. The summed E-state index contributed by atoms with van der Waals surface area (Å²) >= 11 is 0. The van der Waals surface area contributed by atoms with Crippen molar-refractivity contribution in [3.63, 3.8) is 0 Å². The summed E-state index contributed by atoms with van der Waals surface area (Å²) < 4.78 is 19.8. The highest BCUT2D eigenvalue weighted by Crippen LogP contribution is 2.47. The van der Waals surface area contributed by atoms with Crippen molar-refractivity contribution in [1.82, 2.24) is 15.2 Å². The van der Waals surface area contributed by atoms with E-state index in [-0.39, 0.29) is 30.4 Å². The third-order valence-corrected chi connectivity index (χ3v) is 7.40. The zero-order valence-corrected chi connectivity index (χ0v) is 18.9. The number of likely N-dealkylation sites (tertiary alicyclic amines) is 1. The SMILES string of the molecule is COc1ccc(F)c(C2(NCC(=O)N3CC4C[C@@H](C)C(C3)N4c3ccc(C#N)cn3)CC2)c1. The van der Waals surface area contributed by atoms with Gasteiger partial charge in [-0.1, -0.05) is 6.92 Å². The lowest BCUT2D eigenvalue weighted by Gasteiger charge is -2.42. The lowest BCUT2D eigenvalue weighted by atomic mass is 10.0. The lowest BCUT2D eigenvalue weighted by Crippen LogP contribution is -2.58. The maximum atomic E-state index is 14.5. The van der Waals surface area contributed by atoms with Crippen LogP contribution in [-0.2, 0) is 10.3 Å². The van der Waals surface area contributed by atoms with Crippen LogP contribution in [0.3, 0.4) is 0 Å².